The Kier molecular flexibility index (Phi) is 11.6. The second-order valence-electron chi connectivity index (χ2n) is 3.71. The summed E-state index contributed by atoms with van der Waals surface area (Å²) in [7, 11) is 1.65. The Hall–Kier alpha value is -1.10. The van der Waals surface area contributed by atoms with Crippen LogP contribution in [0.3, 0.4) is 0 Å². The number of hydrogen-bond acceptors (Lipinski definition) is 4. The summed E-state index contributed by atoms with van der Waals surface area (Å²) in [6.07, 6.45) is 3.64. The summed E-state index contributed by atoms with van der Waals surface area (Å²) < 4.78 is 20.7. The standard InChI is InChI=1S/C14H24O4/c1-13(2)5-6-14(3)18-12-11-17-10-9-16-8-7-15-4/h5-6H,1,3,7-12H2,2,4H3/b6-5-. The van der Waals surface area contributed by atoms with Crippen LogP contribution in [0.1, 0.15) is 6.92 Å². The quantitative estimate of drug-likeness (QED) is 0.305. The minimum Gasteiger partial charge on any atom is -0.492 e. The van der Waals surface area contributed by atoms with Crippen molar-refractivity contribution in [3.63, 3.8) is 0 Å². The van der Waals surface area contributed by atoms with Gasteiger partial charge < -0.3 is 18.9 Å². The zero-order valence-electron chi connectivity index (χ0n) is 11.4. The van der Waals surface area contributed by atoms with E-state index in [0.717, 1.165) is 5.57 Å². The predicted molar refractivity (Wildman–Crippen MR) is 72.6 cm³/mol. The number of hydrogen-bond donors (Lipinski definition) is 0. The van der Waals surface area contributed by atoms with E-state index in [1.54, 1.807) is 13.2 Å². The monoisotopic (exact) mass is 256 g/mol. The Balaban J connectivity index is 3.25. The van der Waals surface area contributed by atoms with E-state index in [0.29, 0.717) is 45.4 Å². The van der Waals surface area contributed by atoms with Gasteiger partial charge in [0.2, 0.25) is 0 Å². The molecule has 0 heterocycles. The molecule has 0 amide bonds. The minimum atomic E-state index is 0.484. The molecule has 0 aliphatic heterocycles. The van der Waals surface area contributed by atoms with Crippen molar-refractivity contribution in [1.29, 1.82) is 0 Å². The maximum atomic E-state index is 5.33. The van der Waals surface area contributed by atoms with Crippen LogP contribution in [0.15, 0.2) is 36.6 Å². The summed E-state index contributed by atoms with van der Waals surface area (Å²) >= 11 is 0. The van der Waals surface area contributed by atoms with E-state index in [1.165, 1.54) is 0 Å². The fraction of sp³-hybridized carbons (Fsp3) is 0.571. The maximum absolute atomic E-state index is 5.33. The van der Waals surface area contributed by atoms with E-state index in [4.69, 9.17) is 18.9 Å². The maximum Gasteiger partial charge on any atom is 0.112 e. The van der Waals surface area contributed by atoms with Gasteiger partial charge in [0.05, 0.1) is 33.0 Å². The van der Waals surface area contributed by atoms with Crippen molar-refractivity contribution < 1.29 is 18.9 Å². The largest absolute Gasteiger partial charge is 0.492 e. The Morgan fingerprint density at radius 1 is 0.889 bits per heavy atom. The van der Waals surface area contributed by atoms with Gasteiger partial charge in [-0.25, -0.2) is 0 Å². The van der Waals surface area contributed by atoms with Gasteiger partial charge >= 0.3 is 0 Å². The van der Waals surface area contributed by atoms with Crippen LogP contribution in [0.4, 0.5) is 0 Å². The van der Waals surface area contributed by atoms with E-state index >= 15 is 0 Å². The van der Waals surface area contributed by atoms with Gasteiger partial charge in [0.15, 0.2) is 0 Å². The zero-order chi connectivity index (χ0) is 13.6. The molecule has 0 rings (SSSR count). The second-order valence-corrected chi connectivity index (χ2v) is 3.71. The van der Waals surface area contributed by atoms with Crippen molar-refractivity contribution in [2.45, 2.75) is 6.92 Å². The molecule has 0 aromatic rings. The molecule has 4 heteroatoms. The summed E-state index contributed by atoms with van der Waals surface area (Å²) in [6, 6.07) is 0. The summed E-state index contributed by atoms with van der Waals surface area (Å²) in [5.74, 6) is 0.609. The van der Waals surface area contributed by atoms with Crippen LogP contribution in [0.25, 0.3) is 0 Å². The first-order chi connectivity index (χ1) is 8.66. The highest BCUT2D eigenvalue weighted by molar-refractivity contribution is 5.19. The molecule has 0 saturated carbocycles. The highest BCUT2D eigenvalue weighted by Gasteiger charge is 1.92. The molecule has 0 aromatic carbocycles. The molecule has 0 N–H and O–H groups in total. The normalized spacial score (nSPS) is 10.8. The van der Waals surface area contributed by atoms with E-state index in [1.807, 2.05) is 13.0 Å². The number of rotatable bonds is 12. The molecule has 0 radical (unpaired) electrons. The van der Waals surface area contributed by atoms with Crippen LogP contribution in [0.5, 0.6) is 0 Å². The van der Waals surface area contributed by atoms with Crippen molar-refractivity contribution >= 4 is 0 Å². The average molecular weight is 256 g/mol. The average Bonchev–Trinajstić information content (AvgIpc) is 2.34. The van der Waals surface area contributed by atoms with Crippen LogP contribution in [0.2, 0.25) is 0 Å². The van der Waals surface area contributed by atoms with Crippen LogP contribution in [-0.2, 0) is 18.9 Å². The minimum absolute atomic E-state index is 0.484. The fourth-order valence-corrected chi connectivity index (χ4v) is 0.979. The first kappa shape index (κ1) is 16.9. The summed E-state index contributed by atoms with van der Waals surface area (Å²) in [5, 5.41) is 0. The first-order valence-corrected chi connectivity index (χ1v) is 5.96. The molecule has 0 unspecified atom stereocenters. The lowest BCUT2D eigenvalue weighted by Gasteiger charge is -2.07. The van der Waals surface area contributed by atoms with Crippen LogP contribution in [0, 0.1) is 0 Å². The van der Waals surface area contributed by atoms with Crippen LogP contribution < -0.4 is 0 Å². The van der Waals surface area contributed by atoms with Gasteiger partial charge in [-0.2, -0.15) is 0 Å². The third-order valence-electron chi connectivity index (χ3n) is 1.87. The summed E-state index contributed by atoms with van der Waals surface area (Å²) in [4.78, 5) is 0. The molecule has 0 fully saturated rings. The van der Waals surface area contributed by atoms with Gasteiger partial charge in [-0.15, -0.1) is 0 Å². The molecule has 4 nitrogen and oxygen atoms in total. The molecule has 0 saturated heterocycles. The highest BCUT2D eigenvalue weighted by Crippen LogP contribution is 1.99. The van der Waals surface area contributed by atoms with Crippen molar-refractivity contribution in [3.8, 4) is 0 Å². The fourth-order valence-electron chi connectivity index (χ4n) is 0.979. The molecule has 18 heavy (non-hydrogen) atoms. The molecule has 104 valence electrons. The Morgan fingerprint density at radius 3 is 2.00 bits per heavy atom. The van der Waals surface area contributed by atoms with Crippen LogP contribution >= 0.6 is 0 Å². The molecule has 0 aliphatic rings. The molecular formula is C14H24O4. The number of ether oxygens (including phenoxy) is 4. The smallest absolute Gasteiger partial charge is 0.112 e. The van der Waals surface area contributed by atoms with Gasteiger partial charge in [0.1, 0.15) is 12.4 Å². The van der Waals surface area contributed by atoms with E-state index in [2.05, 4.69) is 13.2 Å². The summed E-state index contributed by atoms with van der Waals surface area (Å²) in [5.41, 5.74) is 0.962. The van der Waals surface area contributed by atoms with E-state index in [9.17, 15) is 0 Å². The van der Waals surface area contributed by atoms with Crippen molar-refractivity contribution in [3.05, 3.63) is 36.6 Å². The van der Waals surface area contributed by atoms with Crippen LogP contribution in [-0.4, -0.2) is 46.8 Å². The van der Waals surface area contributed by atoms with Crippen molar-refractivity contribution in [2.75, 3.05) is 46.8 Å². The van der Waals surface area contributed by atoms with Gasteiger partial charge in [-0.3, -0.25) is 0 Å². The van der Waals surface area contributed by atoms with Gasteiger partial charge in [-0.1, -0.05) is 24.8 Å². The van der Waals surface area contributed by atoms with E-state index < -0.39 is 0 Å². The van der Waals surface area contributed by atoms with E-state index in [-0.39, 0.29) is 0 Å². The SMILES string of the molecule is C=C(C)/C=C\C(=C)OCCOCCOCCOC. The number of allylic oxidation sites excluding steroid dienone is 3. The lowest BCUT2D eigenvalue weighted by Crippen LogP contribution is -2.11. The first-order valence-electron chi connectivity index (χ1n) is 5.96. The molecule has 0 aromatic heterocycles. The Bertz CT molecular complexity index is 259. The second kappa shape index (κ2) is 12.4. The molecule has 0 spiro atoms. The Labute approximate surface area is 110 Å². The molecular weight excluding hydrogens is 232 g/mol. The van der Waals surface area contributed by atoms with Gasteiger partial charge in [0.25, 0.3) is 0 Å². The molecule has 0 aliphatic carbocycles. The zero-order valence-corrected chi connectivity index (χ0v) is 11.4. The third kappa shape index (κ3) is 13.0. The predicted octanol–water partition coefficient (Wildman–Crippen LogP) is 2.33. The number of methoxy groups -OCH3 is 1. The summed E-state index contributed by atoms with van der Waals surface area (Å²) in [6.45, 7) is 12.7. The molecule has 0 bridgehead atoms. The van der Waals surface area contributed by atoms with Gasteiger partial charge in [0, 0.05) is 7.11 Å². The third-order valence-corrected chi connectivity index (χ3v) is 1.87. The molecule has 0 atom stereocenters. The topological polar surface area (TPSA) is 36.9 Å². The lowest BCUT2D eigenvalue weighted by molar-refractivity contribution is 0.0129. The lowest BCUT2D eigenvalue weighted by atomic mass is 10.3. The van der Waals surface area contributed by atoms with Gasteiger partial charge in [-0.05, 0) is 13.0 Å². The van der Waals surface area contributed by atoms with Crippen molar-refractivity contribution in [1.82, 2.24) is 0 Å². The van der Waals surface area contributed by atoms with Crippen molar-refractivity contribution in [2.24, 2.45) is 0 Å². The highest BCUT2D eigenvalue weighted by atomic mass is 16.6. The Morgan fingerprint density at radius 2 is 1.44 bits per heavy atom.